The summed E-state index contributed by atoms with van der Waals surface area (Å²) in [6, 6.07) is 11.3. The van der Waals surface area contributed by atoms with Gasteiger partial charge in [-0.3, -0.25) is 9.59 Å². The van der Waals surface area contributed by atoms with Crippen molar-refractivity contribution in [1.29, 1.82) is 0 Å². The highest BCUT2D eigenvalue weighted by molar-refractivity contribution is 9.11. The Balaban J connectivity index is 1.39. The number of amides is 2. The number of hydrazone groups is 1. The van der Waals surface area contributed by atoms with E-state index in [4.69, 9.17) is 9.47 Å². The molecule has 0 unspecified atom stereocenters. The lowest BCUT2D eigenvalue weighted by atomic mass is 9.85. The maximum Gasteiger partial charge on any atom is 0.254 e. The van der Waals surface area contributed by atoms with Gasteiger partial charge in [0.15, 0.2) is 11.5 Å². The molecular formula is C24H20Br2N2O4. The molecule has 32 heavy (non-hydrogen) atoms. The van der Waals surface area contributed by atoms with Gasteiger partial charge in [-0.2, -0.15) is 10.1 Å². The predicted octanol–water partition coefficient (Wildman–Crippen LogP) is 4.94. The zero-order chi connectivity index (χ0) is 22.4. The number of halogens is 2. The summed E-state index contributed by atoms with van der Waals surface area (Å²) in [4.78, 5) is 25.8. The van der Waals surface area contributed by atoms with Crippen LogP contribution in [0.5, 0.6) is 11.5 Å². The molecule has 2 bridgehead atoms. The van der Waals surface area contributed by atoms with Crippen LogP contribution in [-0.4, -0.2) is 30.1 Å². The number of benzene rings is 2. The van der Waals surface area contributed by atoms with Crippen molar-refractivity contribution >= 4 is 49.9 Å². The summed E-state index contributed by atoms with van der Waals surface area (Å²) in [5, 5.41) is 5.32. The first-order valence-electron chi connectivity index (χ1n) is 10.3. The minimum atomic E-state index is -0.273. The van der Waals surface area contributed by atoms with Crippen LogP contribution in [-0.2, 0) is 16.2 Å². The molecule has 1 saturated heterocycles. The highest BCUT2D eigenvalue weighted by Crippen LogP contribution is 2.52. The van der Waals surface area contributed by atoms with Crippen LogP contribution < -0.4 is 9.47 Å². The Bertz CT molecular complexity index is 1130. The molecule has 8 heteroatoms. The van der Waals surface area contributed by atoms with Gasteiger partial charge in [0.05, 0.1) is 25.2 Å². The molecule has 1 saturated carbocycles. The van der Waals surface area contributed by atoms with Gasteiger partial charge >= 0.3 is 0 Å². The quantitative estimate of drug-likeness (QED) is 0.285. The fourth-order valence-electron chi connectivity index (χ4n) is 4.86. The van der Waals surface area contributed by atoms with Crippen LogP contribution >= 0.6 is 31.9 Å². The van der Waals surface area contributed by atoms with Crippen molar-refractivity contribution in [2.45, 2.75) is 13.0 Å². The number of imide groups is 1. The SMILES string of the molecule is COc1cccc(C=NN2C(=O)[C@@H]3[C@H](C2=O)[C@H]2C=C[C@H]3C2)c1OCc1ccc(Br)cc1Br. The van der Waals surface area contributed by atoms with Crippen LogP contribution in [0.2, 0.25) is 0 Å². The Kier molecular flexibility index (Phi) is 5.67. The summed E-state index contributed by atoms with van der Waals surface area (Å²) >= 11 is 6.99. The molecule has 2 fully saturated rings. The van der Waals surface area contributed by atoms with Gasteiger partial charge in [0, 0.05) is 20.1 Å². The van der Waals surface area contributed by atoms with E-state index in [0.29, 0.717) is 23.7 Å². The normalized spacial score (nSPS) is 25.8. The molecule has 0 spiro atoms. The van der Waals surface area contributed by atoms with Gasteiger partial charge in [0.25, 0.3) is 11.8 Å². The highest BCUT2D eigenvalue weighted by Gasteiger charge is 2.59. The molecule has 2 aromatic rings. The number of carbonyl (C=O) groups excluding carboxylic acids is 2. The molecule has 1 aliphatic heterocycles. The van der Waals surface area contributed by atoms with Crippen molar-refractivity contribution in [2.24, 2.45) is 28.8 Å². The van der Waals surface area contributed by atoms with Gasteiger partial charge in [-0.15, -0.1) is 0 Å². The largest absolute Gasteiger partial charge is 0.493 e. The fourth-order valence-corrected chi connectivity index (χ4v) is 6.02. The molecule has 6 nitrogen and oxygen atoms in total. The van der Waals surface area contributed by atoms with Gasteiger partial charge < -0.3 is 9.47 Å². The van der Waals surface area contributed by atoms with Gasteiger partial charge in [-0.05, 0) is 42.5 Å². The predicted molar refractivity (Wildman–Crippen MR) is 126 cm³/mol. The maximum atomic E-state index is 12.9. The lowest BCUT2D eigenvalue weighted by molar-refractivity contribution is -0.140. The summed E-state index contributed by atoms with van der Waals surface area (Å²) < 4.78 is 13.4. The van der Waals surface area contributed by atoms with Crippen molar-refractivity contribution < 1.29 is 19.1 Å². The maximum absolute atomic E-state index is 12.9. The second kappa shape index (κ2) is 8.48. The zero-order valence-electron chi connectivity index (χ0n) is 17.2. The molecule has 0 N–H and O–H groups in total. The third-order valence-electron chi connectivity index (χ3n) is 6.38. The number of ether oxygens (including phenoxy) is 2. The lowest BCUT2D eigenvalue weighted by Crippen LogP contribution is -2.28. The molecule has 0 radical (unpaired) electrons. The van der Waals surface area contributed by atoms with Gasteiger partial charge in [0.2, 0.25) is 0 Å². The zero-order valence-corrected chi connectivity index (χ0v) is 20.4. The molecule has 164 valence electrons. The molecular weight excluding hydrogens is 540 g/mol. The number of hydrogen-bond donors (Lipinski definition) is 0. The second-order valence-corrected chi connectivity index (χ2v) is 9.91. The standard InChI is InChI=1S/C24H20Br2N2O4/c1-31-19-4-2-3-15(22(19)32-12-16-7-8-17(25)10-18(16)26)11-27-28-23(29)20-13-5-6-14(9-13)21(20)24(28)30/h2-8,10-11,13-14,20-21H,9,12H2,1H3/t13-,14-,20-,21+/m0/s1. The first-order valence-corrected chi connectivity index (χ1v) is 11.9. The summed E-state index contributed by atoms with van der Waals surface area (Å²) in [5.41, 5.74) is 1.58. The number of fused-ring (bicyclic) bond motifs is 5. The Morgan fingerprint density at radius 3 is 2.47 bits per heavy atom. The fraction of sp³-hybridized carbons (Fsp3) is 0.292. The van der Waals surface area contributed by atoms with E-state index in [2.05, 4.69) is 49.1 Å². The smallest absolute Gasteiger partial charge is 0.254 e. The van der Waals surface area contributed by atoms with Crippen molar-refractivity contribution in [2.75, 3.05) is 7.11 Å². The number of methoxy groups -OCH3 is 1. The minimum Gasteiger partial charge on any atom is -0.493 e. The Hall–Kier alpha value is -2.45. The van der Waals surface area contributed by atoms with Crippen molar-refractivity contribution in [1.82, 2.24) is 5.01 Å². The van der Waals surface area contributed by atoms with Gasteiger partial charge in [-0.1, -0.05) is 56.1 Å². The number of allylic oxidation sites excluding steroid dienone is 2. The monoisotopic (exact) mass is 558 g/mol. The molecule has 0 aromatic heterocycles. The summed E-state index contributed by atoms with van der Waals surface area (Å²) in [6.45, 7) is 0.301. The Morgan fingerprint density at radius 1 is 1.09 bits per heavy atom. The Morgan fingerprint density at radius 2 is 1.81 bits per heavy atom. The van der Waals surface area contributed by atoms with Crippen LogP contribution in [0.3, 0.4) is 0 Å². The number of hydrogen-bond acceptors (Lipinski definition) is 5. The van der Waals surface area contributed by atoms with E-state index in [9.17, 15) is 9.59 Å². The molecule has 4 atom stereocenters. The highest BCUT2D eigenvalue weighted by atomic mass is 79.9. The van der Waals surface area contributed by atoms with Gasteiger partial charge in [-0.25, -0.2) is 0 Å². The molecule has 3 aliphatic rings. The van der Waals surface area contributed by atoms with E-state index in [1.54, 1.807) is 13.2 Å². The average Bonchev–Trinajstić information content (AvgIpc) is 3.46. The summed E-state index contributed by atoms with van der Waals surface area (Å²) in [7, 11) is 1.57. The van der Waals surface area contributed by atoms with Crippen molar-refractivity contribution in [3.8, 4) is 11.5 Å². The van der Waals surface area contributed by atoms with Crippen molar-refractivity contribution in [3.63, 3.8) is 0 Å². The van der Waals surface area contributed by atoms with Crippen molar-refractivity contribution in [3.05, 3.63) is 68.6 Å². The topological polar surface area (TPSA) is 68.2 Å². The lowest BCUT2D eigenvalue weighted by Gasteiger charge is -2.15. The van der Waals surface area contributed by atoms with E-state index in [-0.39, 0.29) is 35.5 Å². The number of nitrogens with zero attached hydrogens (tertiary/aromatic N) is 2. The van der Waals surface area contributed by atoms with Crippen LogP contribution in [0, 0.1) is 23.7 Å². The van der Waals surface area contributed by atoms with E-state index in [0.717, 1.165) is 25.9 Å². The van der Waals surface area contributed by atoms with Gasteiger partial charge in [0.1, 0.15) is 6.61 Å². The average molecular weight is 560 g/mol. The number of para-hydroxylation sites is 1. The van der Waals surface area contributed by atoms with Crippen LogP contribution in [0.25, 0.3) is 0 Å². The minimum absolute atomic E-state index is 0.154. The summed E-state index contributed by atoms with van der Waals surface area (Å²) in [6.07, 6.45) is 6.53. The molecule has 5 rings (SSSR count). The summed E-state index contributed by atoms with van der Waals surface area (Å²) in [5.74, 6) is 0.379. The molecule has 1 heterocycles. The third-order valence-corrected chi connectivity index (χ3v) is 7.61. The first-order chi connectivity index (χ1) is 15.5. The molecule has 2 amide bonds. The number of rotatable bonds is 6. The van der Waals surface area contributed by atoms with Crippen LogP contribution in [0.4, 0.5) is 0 Å². The van der Waals surface area contributed by atoms with E-state index >= 15 is 0 Å². The second-order valence-electron chi connectivity index (χ2n) is 8.14. The van der Waals surface area contributed by atoms with E-state index < -0.39 is 0 Å². The third kappa shape index (κ3) is 3.59. The van der Waals surface area contributed by atoms with E-state index in [1.807, 2.05) is 30.3 Å². The molecule has 2 aliphatic carbocycles. The number of carbonyl (C=O) groups is 2. The first kappa shape index (κ1) is 21.4. The Labute approximate surface area is 202 Å². The molecule has 2 aromatic carbocycles. The van der Waals surface area contributed by atoms with E-state index in [1.165, 1.54) is 6.21 Å². The van der Waals surface area contributed by atoms with Crippen LogP contribution in [0.15, 0.2) is 62.6 Å². The van der Waals surface area contributed by atoms with Crippen LogP contribution in [0.1, 0.15) is 17.5 Å².